The van der Waals surface area contributed by atoms with E-state index in [1.54, 1.807) is 7.11 Å². The molecule has 6 heteroatoms. The number of fused-ring (bicyclic) bond motifs is 1. The number of carbonyl (C=O) groups excluding carboxylic acids is 1. The van der Waals surface area contributed by atoms with E-state index < -0.39 is 11.7 Å². The highest BCUT2D eigenvalue weighted by Crippen LogP contribution is 2.34. The monoisotopic (exact) mass is 508 g/mol. The summed E-state index contributed by atoms with van der Waals surface area (Å²) < 4.78 is 16.8. The summed E-state index contributed by atoms with van der Waals surface area (Å²) in [6.07, 6.45) is -0.470. The van der Waals surface area contributed by atoms with E-state index in [0.29, 0.717) is 18.0 Å². The van der Waals surface area contributed by atoms with E-state index in [9.17, 15) is 4.79 Å². The van der Waals surface area contributed by atoms with Gasteiger partial charge in [0.2, 0.25) is 0 Å². The number of carbonyl (C=O) groups is 1. The van der Waals surface area contributed by atoms with Crippen LogP contribution in [0.15, 0.2) is 61.2 Å². The van der Waals surface area contributed by atoms with E-state index in [4.69, 9.17) is 14.2 Å². The minimum atomic E-state index is -0.545. The van der Waals surface area contributed by atoms with Gasteiger partial charge in [-0.15, -0.1) is 0 Å². The van der Waals surface area contributed by atoms with Crippen molar-refractivity contribution in [1.82, 2.24) is 5.32 Å². The fraction of sp³-hybridized carbons (Fsp3) is 0.387. The van der Waals surface area contributed by atoms with Crippen LogP contribution in [0.2, 0.25) is 0 Å². The third-order valence-corrected chi connectivity index (χ3v) is 4.84. The molecule has 202 valence electrons. The van der Waals surface area contributed by atoms with E-state index in [0.717, 1.165) is 33.3 Å². The minimum absolute atomic E-state index is 0.283. The van der Waals surface area contributed by atoms with Crippen molar-refractivity contribution in [3.8, 4) is 11.5 Å². The van der Waals surface area contributed by atoms with Gasteiger partial charge in [-0.3, -0.25) is 0 Å². The summed E-state index contributed by atoms with van der Waals surface area (Å²) in [7, 11) is 1.64. The molecule has 0 heterocycles. The van der Waals surface area contributed by atoms with Crippen molar-refractivity contribution in [3.05, 3.63) is 72.3 Å². The third kappa shape index (κ3) is 10.1. The number of aryl methyl sites for hydroxylation is 1. The van der Waals surface area contributed by atoms with E-state index >= 15 is 0 Å². The van der Waals surface area contributed by atoms with Gasteiger partial charge in [0.25, 0.3) is 0 Å². The van der Waals surface area contributed by atoms with Gasteiger partial charge in [0, 0.05) is 11.3 Å². The first kappa shape index (κ1) is 31.4. The second kappa shape index (κ2) is 15.4. The van der Waals surface area contributed by atoms with Crippen LogP contribution in [-0.4, -0.2) is 32.0 Å². The number of anilines is 1. The largest absolute Gasteiger partial charge is 0.495 e. The lowest BCUT2D eigenvalue weighted by Crippen LogP contribution is -2.34. The third-order valence-electron chi connectivity index (χ3n) is 4.84. The molecule has 0 fully saturated rings. The summed E-state index contributed by atoms with van der Waals surface area (Å²) in [4.78, 5) is 11.9. The molecule has 0 aliphatic rings. The molecule has 6 nitrogen and oxygen atoms in total. The molecule has 0 saturated carbocycles. The summed E-state index contributed by atoms with van der Waals surface area (Å²) in [6.45, 7) is 20.3. The molecule has 0 radical (unpaired) electrons. The molecule has 37 heavy (non-hydrogen) atoms. The Morgan fingerprint density at radius 3 is 2.14 bits per heavy atom. The molecule has 0 aliphatic carbocycles. The number of alkyl carbamates (subject to hydrolysis) is 1. The van der Waals surface area contributed by atoms with E-state index in [2.05, 4.69) is 17.2 Å². The molecule has 3 rings (SSSR count). The number of hydrogen-bond donors (Lipinski definition) is 2. The fourth-order valence-corrected chi connectivity index (χ4v) is 3.33. The number of benzene rings is 3. The summed E-state index contributed by atoms with van der Waals surface area (Å²) in [5, 5.41) is 8.20. The fourth-order valence-electron chi connectivity index (χ4n) is 3.33. The van der Waals surface area contributed by atoms with Crippen LogP contribution in [0.25, 0.3) is 16.5 Å². The highest BCUT2D eigenvalue weighted by atomic mass is 16.6. The van der Waals surface area contributed by atoms with Gasteiger partial charge in [-0.25, -0.2) is 4.79 Å². The van der Waals surface area contributed by atoms with Crippen molar-refractivity contribution >= 4 is 28.3 Å². The van der Waals surface area contributed by atoms with E-state index in [1.165, 1.54) is 0 Å². The second-order valence-corrected chi connectivity index (χ2v) is 8.78. The zero-order chi connectivity index (χ0) is 28.0. The maximum Gasteiger partial charge on any atom is 0.407 e. The lowest BCUT2D eigenvalue weighted by Gasteiger charge is -2.20. The number of nitrogens with one attached hydrogen (secondary N) is 2. The number of hydrogen-bond acceptors (Lipinski definition) is 5. The second-order valence-electron chi connectivity index (χ2n) is 8.78. The quantitative estimate of drug-likeness (QED) is 0.300. The topological polar surface area (TPSA) is 68.8 Å². The average Bonchev–Trinajstić information content (AvgIpc) is 2.88. The Bertz CT molecular complexity index is 1150. The van der Waals surface area contributed by atoms with E-state index in [-0.39, 0.29) is 6.61 Å². The highest BCUT2D eigenvalue weighted by molar-refractivity contribution is 5.91. The number of methoxy groups -OCH3 is 1. The lowest BCUT2D eigenvalue weighted by molar-refractivity contribution is 0.0520. The summed E-state index contributed by atoms with van der Waals surface area (Å²) in [6, 6.07) is 18.0. The van der Waals surface area contributed by atoms with Crippen molar-refractivity contribution < 1.29 is 19.0 Å². The van der Waals surface area contributed by atoms with Gasteiger partial charge in [0.1, 0.15) is 23.7 Å². The molecule has 1 amide bonds. The molecule has 0 spiro atoms. The van der Waals surface area contributed by atoms with Gasteiger partial charge in [-0.05, 0) is 68.3 Å². The van der Waals surface area contributed by atoms with Crippen LogP contribution < -0.4 is 20.1 Å². The zero-order valence-corrected chi connectivity index (χ0v) is 24.0. The first-order valence-corrected chi connectivity index (χ1v) is 12.9. The van der Waals surface area contributed by atoms with Crippen LogP contribution in [0.5, 0.6) is 11.5 Å². The minimum Gasteiger partial charge on any atom is -0.495 e. The molecule has 0 bridgehead atoms. The van der Waals surface area contributed by atoms with Crippen LogP contribution in [0.3, 0.4) is 0 Å². The van der Waals surface area contributed by atoms with E-state index in [1.807, 2.05) is 110 Å². The Hall–Kier alpha value is -3.67. The average molecular weight is 509 g/mol. The molecule has 0 aromatic heterocycles. The zero-order valence-electron chi connectivity index (χ0n) is 24.0. The Kier molecular flexibility index (Phi) is 13.1. The molecule has 0 atom stereocenters. The summed E-state index contributed by atoms with van der Waals surface area (Å²) >= 11 is 0. The predicted octanol–water partition coefficient (Wildman–Crippen LogP) is 8.20. The van der Waals surface area contributed by atoms with Gasteiger partial charge in [-0.1, -0.05) is 64.6 Å². The lowest BCUT2D eigenvalue weighted by atomic mass is 10.0. The molecule has 3 aromatic carbocycles. The van der Waals surface area contributed by atoms with Gasteiger partial charge in [0.15, 0.2) is 0 Å². The van der Waals surface area contributed by atoms with Gasteiger partial charge >= 0.3 is 6.09 Å². The van der Waals surface area contributed by atoms with Crippen molar-refractivity contribution in [1.29, 1.82) is 0 Å². The molecule has 3 aromatic rings. The van der Waals surface area contributed by atoms with Crippen LogP contribution in [-0.2, 0) is 4.74 Å². The normalized spacial score (nSPS) is 10.2. The SMILES string of the molecule is C=C(Nc1ccc(C)cc1OC)c1cc2ccccc2cc1OCCNC(=O)OC(C)(C)C.CC.CC. The van der Waals surface area contributed by atoms with Crippen LogP contribution in [0.4, 0.5) is 10.5 Å². The van der Waals surface area contributed by atoms with Crippen LogP contribution in [0, 0.1) is 6.92 Å². The van der Waals surface area contributed by atoms with Crippen molar-refractivity contribution in [2.75, 3.05) is 25.6 Å². The molecule has 0 aliphatic heterocycles. The maximum absolute atomic E-state index is 11.9. The van der Waals surface area contributed by atoms with Crippen LogP contribution >= 0.6 is 0 Å². The Balaban J connectivity index is 0.00000163. The summed E-state index contributed by atoms with van der Waals surface area (Å²) in [5.74, 6) is 1.41. The number of amides is 1. The molecule has 0 unspecified atom stereocenters. The Morgan fingerprint density at radius 1 is 0.919 bits per heavy atom. The highest BCUT2D eigenvalue weighted by Gasteiger charge is 2.16. The van der Waals surface area contributed by atoms with Crippen molar-refractivity contribution in [3.63, 3.8) is 0 Å². The molecule has 2 N–H and O–H groups in total. The number of rotatable bonds is 8. The van der Waals surface area contributed by atoms with Crippen molar-refractivity contribution in [2.24, 2.45) is 0 Å². The first-order valence-electron chi connectivity index (χ1n) is 12.9. The number of ether oxygens (including phenoxy) is 3. The van der Waals surface area contributed by atoms with Crippen molar-refractivity contribution in [2.45, 2.75) is 61.0 Å². The smallest absolute Gasteiger partial charge is 0.407 e. The Morgan fingerprint density at radius 2 is 1.54 bits per heavy atom. The molecule has 0 saturated heterocycles. The molecular weight excluding hydrogens is 464 g/mol. The summed E-state index contributed by atoms with van der Waals surface area (Å²) in [5.41, 5.74) is 2.89. The van der Waals surface area contributed by atoms with Gasteiger partial charge < -0.3 is 24.8 Å². The predicted molar refractivity (Wildman–Crippen MR) is 157 cm³/mol. The molecular formula is C31H44N2O4. The van der Waals surface area contributed by atoms with Crippen LogP contribution in [0.1, 0.15) is 59.6 Å². The van der Waals surface area contributed by atoms with Gasteiger partial charge in [-0.2, -0.15) is 0 Å². The first-order chi connectivity index (χ1) is 17.7. The van der Waals surface area contributed by atoms with Gasteiger partial charge in [0.05, 0.1) is 19.3 Å². The Labute approximate surface area is 223 Å². The standard InChI is InChI=1S/C27H32N2O4.2C2H6/c1-18-11-12-23(25(15-18)31-6)29-19(2)22-16-20-9-7-8-10-21(20)17-24(22)32-14-13-28-26(30)33-27(3,4)5;2*1-2/h7-12,15-17,29H,2,13-14H2,1,3-6H3,(H,28,30);2*1-2H3. The maximum atomic E-state index is 11.9.